The van der Waals surface area contributed by atoms with Crippen molar-refractivity contribution in [2.75, 3.05) is 0 Å². The molecule has 0 aliphatic carbocycles. The molecular formula is C14H19N3O3S. The van der Waals surface area contributed by atoms with Gasteiger partial charge in [0.2, 0.25) is 0 Å². The van der Waals surface area contributed by atoms with Crippen molar-refractivity contribution in [3.05, 3.63) is 21.6 Å². The number of carbonyl (C=O) groups is 1. The molecule has 7 heteroatoms. The Morgan fingerprint density at radius 2 is 2.14 bits per heavy atom. The fourth-order valence-electron chi connectivity index (χ4n) is 1.52. The van der Waals surface area contributed by atoms with E-state index in [-0.39, 0.29) is 17.6 Å². The summed E-state index contributed by atoms with van der Waals surface area (Å²) in [6.07, 6.45) is 1.08. The monoisotopic (exact) mass is 309 g/mol. The zero-order valence-electron chi connectivity index (χ0n) is 12.6. The van der Waals surface area contributed by atoms with Crippen molar-refractivity contribution in [1.82, 2.24) is 9.97 Å². The molecule has 1 N–H and O–H groups in total. The van der Waals surface area contributed by atoms with Gasteiger partial charge in [-0.15, -0.1) is 0 Å². The van der Waals surface area contributed by atoms with E-state index in [1.807, 2.05) is 26.8 Å². The van der Waals surface area contributed by atoms with Crippen LogP contribution in [-0.2, 0) is 16.0 Å². The zero-order chi connectivity index (χ0) is 16.0. The second kappa shape index (κ2) is 7.84. The molecule has 1 heterocycles. The maximum Gasteiger partial charge on any atom is 0.319 e. The Kier molecular flexibility index (Phi) is 6.43. The van der Waals surface area contributed by atoms with Gasteiger partial charge in [-0.1, -0.05) is 25.6 Å². The van der Waals surface area contributed by atoms with Crippen molar-refractivity contribution in [1.29, 1.82) is 5.26 Å². The summed E-state index contributed by atoms with van der Waals surface area (Å²) in [7, 11) is 0. The number of carbonyl (C=O) groups excluding carboxylic acids is 1. The van der Waals surface area contributed by atoms with Crippen LogP contribution in [0.4, 0.5) is 0 Å². The van der Waals surface area contributed by atoms with Gasteiger partial charge >= 0.3 is 5.97 Å². The molecule has 114 valence electrons. The molecule has 2 unspecified atom stereocenters. The van der Waals surface area contributed by atoms with Crippen LogP contribution in [0.1, 0.15) is 45.4 Å². The first kappa shape index (κ1) is 17.2. The number of aryl methyl sites for hydroxylation is 1. The van der Waals surface area contributed by atoms with Crippen LogP contribution >= 0.6 is 11.8 Å². The van der Waals surface area contributed by atoms with Crippen molar-refractivity contribution in [2.24, 2.45) is 0 Å². The lowest BCUT2D eigenvalue weighted by atomic mass is 10.2. The van der Waals surface area contributed by atoms with Crippen LogP contribution in [0.25, 0.3) is 0 Å². The molecule has 0 aromatic carbocycles. The van der Waals surface area contributed by atoms with E-state index in [2.05, 4.69) is 9.97 Å². The molecule has 0 amide bonds. The topological polar surface area (TPSA) is 95.8 Å². The summed E-state index contributed by atoms with van der Waals surface area (Å²) < 4.78 is 5.23. The smallest absolute Gasteiger partial charge is 0.319 e. The molecule has 6 nitrogen and oxygen atoms in total. The van der Waals surface area contributed by atoms with Gasteiger partial charge in [0.25, 0.3) is 5.56 Å². The minimum Gasteiger partial charge on any atom is -0.462 e. The van der Waals surface area contributed by atoms with E-state index < -0.39 is 10.8 Å². The van der Waals surface area contributed by atoms with E-state index in [0.29, 0.717) is 17.3 Å². The van der Waals surface area contributed by atoms with Crippen LogP contribution in [0.5, 0.6) is 0 Å². The third kappa shape index (κ3) is 4.60. The molecule has 1 aromatic rings. The highest BCUT2D eigenvalue weighted by Gasteiger charge is 2.20. The Morgan fingerprint density at radius 3 is 2.67 bits per heavy atom. The molecule has 0 radical (unpaired) electrons. The van der Waals surface area contributed by atoms with Gasteiger partial charge in [-0.2, -0.15) is 5.26 Å². The van der Waals surface area contributed by atoms with Gasteiger partial charge in [0, 0.05) is 0 Å². The number of H-pyrrole nitrogens is 1. The highest BCUT2D eigenvalue weighted by Crippen LogP contribution is 2.21. The van der Waals surface area contributed by atoms with Gasteiger partial charge in [0.15, 0.2) is 5.16 Å². The third-order valence-corrected chi connectivity index (χ3v) is 3.89. The molecule has 0 aliphatic rings. The average molecular weight is 309 g/mol. The van der Waals surface area contributed by atoms with Crippen molar-refractivity contribution in [2.45, 2.75) is 57.0 Å². The Morgan fingerprint density at radius 1 is 1.48 bits per heavy atom. The fourth-order valence-corrected chi connectivity index (χ4v) is 2.32. The molecule has 21 heavy (non-hydrogen) atoms. The van der Waals surface area contributed by atoms with Crippen LogP contribution in [0.3, 0.4) is 0 Å². The average Bonchev–Trinajstić information content (AvgIpc) is 2.46. The van der Waals surface area contributed by atoms with Gasteiger partial charge in [-0.3, -0.25) is 9.59 Å². The Labute approximate surface area is 127 Å². The molecule has 2 atom stereocenters. The predicted octanol–water partition coefficient (Wildman–Crippen LogP) is 2.03. The minimum absolute atomic E-state index is 0.0247. The largest absolute Gasteiger partial charge is 0.462 e. The van der Waals surface area contributed by atoms with Gasteiger partial charge in [0.1, 0.15) is 16.9 Å². The number of rotatable bonds is 6. The summed E-state index contributed by atoms with van der Waals surface area (Å²) in [6.45, 7) is 7.27. The molecule has 0 saturated carbocycles. The van der Waals surface area contributed by atoms with E-state index in [1.54, 1.807) is 6.92 Å². The Hall–Kier alpha value is -1.81. The van der Waals surface area contributed by atoms with Gasteiger partial charge < -0.3 is 9.72 Å². The molecule has 0 bridgehead atoms. The molecule has 0 spiro atoms. The van der Waals surface area contributed by atoms with Crippen molar-refractivity contribution in [3.63, 3.8) is 0 Å². The lowest BCUT2D eigenvalue weighted by Gasteiger charge is -2.15. The maximum atomic E-state index is 11.9. The second-order valence-electron chi connectivity index (χ2n) is 4.57. The number of ether oxygens (including phenoxy) is 1. The number of nitriles is 1. The molecule has 0 aliphatic heterocycles. The quantitative estimate of drug-likeness (QED) is 0.490. The number of nitrogens with zero attached hydrogens (tertiary/aromatic N) is 2. The highest BCUT2D eigenvalue weighted by atomic mass is 32.2. The summed E-state index contributed by atoms with van der Waals surface area (Å²) in [5.41, 5.74) is -0.0164. The number of hydrogen-bond acceptors (Lipinski definition) is 6. The molecule has 1 aromatic heterocycles. The number of esters is 1. The summed E-state index contributed by atoms with van der Waals surface area (Å²) in [5.74, 6) is -0.348. The number of thioether (sulfide) groups is 1. The molecule has 1 rings (SSSR count). The molecule has 0 saturated heterocycles. The summed E-state index contributed by atoms with van der Waals surface area (Å²) >= 11 is 1.12. The Bertz CT molecular complexity index is 606. The lowest BCUT2D eigenvalue weighted by Crippen LogP contribution is -2.23. The van der Waals surface area contributed by atoms with Gasteiger partial charge in [-0.25, -0.2) is 4.98 Å². The third-order valence-electron chi connectivity index (χ3n) is 2.93. The number of aromatic amines is 1. The van der Waals surface area contributed by atoms with Crippen LogP contribution in [0, 0.1) is 11.3 Å². The zero-order valence-corrected chi connectivity index (χ0v) is 13.4. The first-order valence-electron chi connectivity index (χ1n) is 6.83. The van der Waals surface area contributed by atoms with Crippen LogP contribution in [0.2, 0.25) is 0 Å². The number of aromatic nitrogens is 2. The molecular weight excluding hydrogens is 290 g/mol. The summed E-state index contributed by atoms with van der Waals surface area (Å²) in [4.78, 5) is 30.4. The van der Waals surface area contributed by atoms with E-state index in [9.17, 15) is 9.59 Å². The number of hydrogen-bond donors (Lipinski definition) is 1. The van der Waals surface area contributed by atoms with E-state index >= 15 is 0 Å². The summed E-state index contributed by atoms with van der Waals surface area (Å²) in [5, 5.41) is 8.76. The number of nitrogens with one attached hydrogen (secondary N) is 1. The first-order chi connectivity index (χ1) is 9.92. The predicted molar refractivity (Wildman–Crippen MR) is 80.1 cm³/mol. The second-order valence-corrected chi connectivity index (χ2v) is 5.90. The van der Waals surface area contributed by atoms with Crippen LogP contribution < -0.4 is 5.56 Å². The first-order valence-corrected chi connectivity index (χ1v) is 7.71. The van der Waals surface area contributed by atoms with Gasteiger partial charge in [0.05, 0.1) is 11.8 Å². The SMILES string of the molecule is CCc1nc(SC(C)C(=O)OC(C)CC)[nH]c(=O)c1C#N. The highest BCUT2D eigenvalue weighted by molar-refractivity contribution is 8.00. The lowest BCUT2D eigenvalue weighted by molar-refractivity contribution is -0.147. The molecule has 0 fully saturated rings. The van der Waals surface area contributed by atoms with Crippen molar-refractivity contribution < 1.29 is 9.53 Å². The van der Waals surface area contributed by atoms with Crippen LogP contribution in [0.15, 0.2) is 9.95 Å². The minimum atomic E-state index is -0.486. The fraction of sp³-hybridized carbons (Fsp3) is 0.571. The van der Waals surface area contributed by atoms with E-state index in [4.69, 9.17) is 10.00 Å². The van der Waals surface area contributed by atoms with E-state index in [0.717, 1.165) is 18.2 Å². The van der Waals surface area contributed by atoms with Gasteiger partial charge in [-0.05, 0) is 26.7 Å². The van der Waals surface area contributed by atoms with Crippen molar-refractivity contribution in [3.8, 4) is 6.07 Å². The Balaban J connectivity index is 2.89. The normalized spacial score (nSPS) is 13.3. The van der Waals surface area contributed by atoms with E-state index in [1.165, 1.54) is 0 Å². The summed E-state index contributed by atoms with van der Waals surface area (Å²) in [6, 6.07) is 1.84. The maximum absolute atomic E-state index is 11.9. The van der Waals surface area contributed by atoms with Crippen molar-refractivity contribution >= 4 is 17.7 Å². The standard InChI is InChI=1S/C14H19N3O3S/c1-5-8(3)20-13(19)9(4)21-14-16-11(6-2)10(7-15)12(18)17-14/h8-9H,5-6H2,1-4H3,(H,16,17,18). The van der Waals surface area contributed by atoms with Crippen LogP contribution in [-0.4, -0.2) is 27.3 Å².